The van der Waals surface area contributed by atoms with E-state index in [0.29, 0.717) is 0 Å². The van der Waals surface area contributed by atoms with Crippen LogP contribution in [0.15, 0.2) is 12.4 Å². The van der Waals surface area contributed by atoms with E-state index in [-0.39, 0.29) is 11.8 Å². The maximum absolute atomic E-state index is 10.7. The lowest BCUT2D eigenvalue weighted by Crippen LogP contribution is -1.98. The zero-order valence-electron chi connectivity index (χ0n) is 8.18. The summed E-state index contributed by atoms with van der Waals surface area (Å²) in [5.41, 5.74) is 1.07. The first-order valence-electron chi connectivity index (χ1n) is 4.97. The van der Waals surface area contributed by atoms with E-state index in [9.17, 15) is 4.79 Å². The number of nitrogens with zero attached hydrogens (tertiary/aromatic N) is 2. The van der Waals surface area contributed by atoms with Crippen molar-refractivity contribution in [1.29, 1.82) is 0 Å². The minimum Gasteiger partial charge on any atom is -0.481 e. The number of hydrogen-bond acceptors (Lipinski definition) is 2. The van der Waals surface area contributed by atoms with Gasteiger partial charge in [-0.25, -0.2) is 0 Å². The van der Waals surface area contributed by atoms with Crippen molar-refractivity contribution in [2.75, 3.05) is 0 Å². The molecule has 4 nitrogen and oxygen atoms in total. The van der Waals surface area contributed by atoms with Gasteiger partial charge in [-0.05, 0) is 18.4 Å². The van der Waals surface area contributed by atoms with Gasteiger partial charge in [0.25, 0.3) is 0 Å². The van der Waals surface area contributed by atoms with E-state index in [1.54, 1.807) is 6.20 Å². The molecule has 4 heteroatoms. The Balaban J connectivity index is 2.01. The molecule has 0 saturated heterocycles. The van der Waals surface area contributed by atoms with Gasteiger partial charge >= 0.3 is 5.97 Å². The molecule has 0 spiro atoms. The second-order valence-electron chi connectivity index (χ2n) is 3.82. The Bertz CT molecular complexity index is 346. The molecule has 1 N–H and O–H groups in total. The number of hydrogen-bond donors (Lipinski definition) is 1. The van der Waals surface area contributed by atoms with Crippen molar-refractivity contribution in [1.82, 2.24) is 9.78 Å². The molecule has 0 unspecified atom stereocenters. The Kier molecular flexibility index (Phi) is 2.27. The van der Waals surface area contributed by atoms with Crippen LogP contribution in [-0.4, -0.2) is 20.9 Å². The number of aromatic nitrogens is 2. The third-order valence-corrected chi connectivity index (χ3v) is 2.64. The molecule has 1 aromatic heterocycles. The number of carboxylic acids is 1. The second-order valence-corrected chi connectivity index (χ2v) is 3.82. The van der Waals surface area contributed by atoms with Gasteiger partial charge in [-0.15, -0.1) is 0 Å². The third kappa shape index (κ3) is 1.64. The maximum Gasteiger partial charge on any atom is 0.307 e. The summed E-state index contributed by atoms with van der Waals surface area (Å²) in [5.74, 6) is -0.648. The van der Waals surface area contributed by atoms with Crippen LogP contribution in [0.2, 0.25) is 0 Å². The molecule has 2 atom stereocenters. The molecule has 1 aliphatic rings. The molecule has 2 rings (SSSR count). The first kappa shape index (κ1) is 9.24. The largest absolute Gasteiger partial charge is 0.481 e. The summed E-state index contributed by atoms with van der Waals surface area (Å²) in [5, 5.41) is 13.0. The average molecular weight is 194 g/mol. The summed E-state index contributed by atoms with van der Waals surface area (Å²) in [4.78, 5) is 10.7. The number of aliphatic carboxylic acids is 1. The minimum atomic E-state index is -0.682. The highest BCUT2D eigenvalue weighted by Gasteiger charge is 2.44. The highest BCUT2D eigenvalue weighted by Crippen LogP contribution is 2.47. The lowest BCUT2D eigenvalue weighted by atomic mass is 10.2. The van der Waals surface area contributed by atoms with Crippen molar-refractivity contribution >= 4 is 5.97 Å². The Hall–Kier alpha value is -1.32. The highest BCUT2D eigenvalue weighted by molar-refractivity contribution is 5.75. The zero-order valence-corrected chi connectivity index (χ0v) is 8.18. The van der Waals surface area contributed by atoms with Crippen LogP contribution >= 0.6 is 0 Å². The fraction of sp³-hybridized carbons (Fsp3) is 0.600. The molecular weight excluding hydrogens is 180 g/mol. The van der Waals surface area contributed by atoms with Crippen molar-refractivity contribution in [2.45, 2.75) is 32.2 Å². The highest BCUT2D eigenvalue weighted by atomic mass is 16.4. The zero-order chi connectivity index (χ0) is 10.1. The van der Waals surface area contributed by atoms with Crippen LogP contribution in [0, 0.1) is 5.92 Å². The van der Waals surface area contributed by atoms with E-state index in [1.807, 2.05) is 10.9 Å². The standard InChI is InChI=1S/C10H14N2O2/c1-2-3-12-6-7(5-11-12)8-4-9(8)10(13)14/h5-6,8-9H,2-4H2,1H3,(H,13,14)/t8-,9-/m0/s1. The summed E-state index contributed by atoms with van der Waals surface area (Å²) in [6, 6.07) is 0. The second kappa shape index (κ2) is 3.44. The number of carbonyl (C=O) groups is 1. The molecule has 0 aliphatic heterocycles. The molecule has 0 radical (unpaired) electrons. The molecule has 1 fully saturated rings. The topological polar surface area (TPSA) is 55.1 Å². The summed E-state index contributed by atoms with van der Waals surface area (Å²) < 4.78 is 1.88. The maximum atomic E-state index is 10.7. The Morgan fingerprint density at radius 2 is 2.57 bits per heavy atom. The Morgan fingerprint density at radius 3 is 3.14 bits per heavy atom. The van der Waals surface area contributed by atoms with Crippen LogP contribution < -0.4 is 0 Å². The first-order valence-corrected chi connectivity index (χ1v) is 4.97. The van der Waals surface area contributed by atoms with Crippen molar-refractivity contribution in [3.63, 3.8) is 0 Å². The fourth-order valence-corrected chi connectivity index (χ4v) is 1.76. The van der Waals surface area contributed by atoms with Gasteiger partial charge in [-0.2, -0.15) is 5.10 Å². The Morgan fingerprint density at radius 1 is 1.79 bits per heavy atom. The number of carboxylic acid groups (broad SMARTS) is 1. The number of aryl methyl sites for hydroxylation is 1. The van der Waals surface area contributed by atoms with Crippen LogP contribution in [0.5, 0.6) is 0 Å². The van der Waals surface area contributed by atoms with Crippen LogP contribution in [-0.2, 0) is 11.3 Å². The van der Waals surface area contributed by atoms with Crippen LogP contribution in [0.1, 0.15) is 31.2 Å². The van der Waals surface area contributed by atoms with Crippen LogP contribution in [0.4, 0.5) is 0 Å². The summed E-state index contributed by atoms with van der Waals surface area (Å²) in [7, 11) is 0. The van der Waals surface area contributed by atoms with Gasteiger partial charge < -0.3 is 5.11 Å². The molecule has 1 aliphatic carbocycles. The molecule has 0 bridgehead atoms. The van der Waals surface area contributed by atoms with Crippen molar-refractivity contribution in [2.24, 2.45) is 5.92 Å². The van der Waals surface area contributed by atoms with Gasteiger partial charge in [-0.3, -0.25) is 9.48 Å². The van der Waals surface area contributed by atoms with Crippen molar-refractivity contribution in [3.8, 4) is 0 Å². The first-order chi connectivity index (χ1) is 6.72. The molecule has 1 aromatic rings. The van der Waals surface area contributed by atoms with Gasteiger partial charge in [0.05, 0.1) is 12.1 Å². The number of rotatable bonds is 4. The van der Waals surface area contributed by atoms with E-state index in [1.165, 1.54) is 0 Å². The molecule has 0 amide bonds. The molecular formula is C10H14N2O2. The summed E-state index contributed by atoms with van der Waals surface area (Å²) in [6.07, 6.45) is 5.58. The predicted octanol–water partition coefficient (Wildman–Crippen LogP) is 1.48. The van der Waals surface area contributed by atoms with E-state index >= 15 is 0 Å². The van der Waals surface area contributed by atoms with E-state index in [0.717, 1.165) is 24.9 Å². The average Bonchev–Trinajstić information content (AvgIpc) is 2.82. The van der Waals surface area contributed by atoms with Crippen LogP contribution in [0.3, 0.4) is 0 Å². The summed E-state index contributed by atoms with van der Waals surface area (Å²) >= 11 is 0. The van der Waals surface area contributed by atoms with Gasteiger partial charge in [0, 0.05) is 18.7 Å². The minimum absolute atomic E-state index is 0.172. The molecule has 1 heterocycles. The monoisotopic (exact) mass is 194 g/mol. The smallest absolute Gasteiger partial charge is 0.307 e. The van der Waals surface area contributed by atoms with Gasteiger partial charge in [0.2, 0.25) is 0 Å². The fourth-order valence-electron chi connectivity index (χ4n) is 1.76. The van der Waals surface area contributed by atoms with E-state index in [4.69, 9.17) is 5.11 Å². The quantitative estimate of drug-likeness (QED) is 0.789. The lowest BCUT2D eigenvalue weighted by Gasteiger charge is -1.94. The summed E-state index contributed by atoms with van der Waals surface area (Å²) in [6.45, 7) is 3.00. The third-order valence-electron chi connectivity index (χ3n) is 2.64. The molecule has 1 saturated carbocycles. The predicted molar refractivity (Wildman–Crippen MR) is 51.0 cm³/mol. The van der Waals surface area contributed by atoms with Crippen molar-refractivity contribution < 1.29 is 9.90 Å². The van der Waals surface area contributed by atoms with E-state index in [2.05, 4.69) is 12.0 Å². The lowest BCUT2D eigenvalue weighted by molar-refractivity contribution is -0.138. The van der Waals surface area contributed by atoms with Crippen LogP contribution in [0.25, 0.3) is 0 Å². The van der Waals surface area contributed by atoms with Gasteiger partial charge in [-0.1, -0.05) is 6.92 Å². The molecule has 0 aromatic carbocycles. The normalized spacial score (nSPS) is 24.9. The Labute approximate surface area is 82.5 Å². The van der Waals surface area contributed by atoms with Gasteiger partial charge in [0.15, 0.2) is 0 Å². The van der Waals surface area contributed by atoms with E-state index < -0.39 is 5.97 Å². The van der Waals surface area contributed by atoms with Gasteiger partial charge in [0.1, 0.15) is 0 Å². The molecule has 14 heavy (non-hydrogen) atoms. The molecule has 76 valence electrons. The SMILES string of the molecule is CCCn1cc([C@@H]2C[C@@H]2C(=O)O)cn1. The van der Waals surface area contributed by atoms with Crippen molar-refractivity contribution in [3.05, 3.63) is 18.0 Å².